The lowest BCUT2D eigenvalue weighted by molar-refractivity contribution is -0.122. The predicted octanol–water partition coefficient (Wildman–Crippen LogP) is 3.24. The van der Waals surface area contributed by atoms with Gasteiger partial charge in [0.05, 0.1) is 19.2 Å². The summed E-state index contributed by atoms with van der Waals surface area (Å²) < 4.78 is 6.23. The summed E-state index contributed by atoms with van der Waals surface area (Å²) in [6, 6.07) is 13.3. The molecule has 0 spiro atoms. The molecule has 28 heavy (non-hydrogen) atoms. The third-order valence-electron chi connectivity index (χ3n) is 5.03. The van der Waals surface area contributed by atoms with Gasteiger partial charge in [0.1, 0.15) is 11.8 Å². The third-order valence-corrected chi connectivity index (χ3v) is 5.75. The molecule has 2 fully saturated rings. The Balaban J connectivity index is 1.63. The highest BCUT2D eigenvalue weighted by Crippen LogP contribution is 2.35. The Bertz CT molecular complexity index is 940. The first kappa shape index (κ1) is 18.9. The average Bonchev–Trinajstić information content (AvgIpc) is 3.49. The fourth-order valence-electron chi connectivity index (χ4n) is 3.51. The van der Waals surface area contributed by atoms with Crippen molar-refractivity contribution in [3.8, 4) is 5.75 Å². The van der Waals surface area contributed by atoms with E-state index in [0.29, 0.717) is 17.0 Å². The molecule has 2 aromatic rings. The molecule has 1 unspecified atom stereocenters. The molecule has 0 aromatic heterocycles. The van der Waals surface area contributed by atoms with Crippen molar-refractivity contribution in [2.24, 2.45) is 0 Å². The van der Waals surface area contributed by atoms with E-state index < -0.39 is 6.04 Å². The highest BCUT2D eigenvalue weighted by molar-refractivity contribution is 14.1. The van der Waals surface area contributed by atoms with Crippen LogP contribution in [0.3, 0.4) is 0 Å². The molecule has 2 aromatic carbocycles. The summed E-state index contributed by atoms with van der Waals surface area (Å²) in [4.78, 5) is 41.8. The third kappa shape index (κ3) is 3.50. The van der Waals surface area contributed by atoms with Crippen molar-refractivity contribution in [1.29, 1.82) is 0 Å². The van der Waals surface area contributed by atoms with E-state index in [-0.39, 0.29) is 30.2 Å². The number of anilines is 1. The van der Waals surface area contributed by atoms with Crippen LogP contribution in [0.5, 0.6) is 5.75 Å². The Labute approximate surface area is 176 Å². The lowest BCUT2D eigenvalue weighted by Gasteiger charge is -2.28. The lowest BCUT2D eigenvalue weighted by Crippen LogP contribution is -2.46. The summed E-state index contributed by atoms with van der Waals surface area (Å²) in [6.45, 7) is 0. The number of benzene rings is 2. The van der Waals surface area contributed by atoms with Crippen LogP contribution in [-0.4, -0.2) is 41.8 Å². The molecule has 0 bridgehead atoms. The molecular formula is C21H19IN2O4. The summed E-state index contributed by atoms with van der Waals surface area (Å²) in [6.07, 6.45) is 1.70. The van der Waals surface area contributed by atoms with E-state index in [1.807, 2.05) is 12.1 Å². The summed E-state index contributed by atoms with van der Waals surface area (Å²) in [7, 11) is 1.54. The van der Waals surface area contributed by atoms with E-state index in [1.54, 1.807) is 48.4 Å². The second-order valence-corrected chi connectivity index (χ2v) is 8.18. The zero-order valence-electron chi connectivity index (χ0n) is 15.3. The first-order valence-electron chi connectivity index (χ1n) is 9.08. The van der Waals surface area contributed by atoms with Gasteiger partial charge in [-0.05, 0) is 77.9 Å². The molecular weight excluding hydrogens is 471 g/mol. The fraction of sp³-hybridized carbons (Fsp3) is 0.286. The van der Waals surface area contributed by atoms with Crippen molar-refractivity contribution in [1.82, 2.24) is 4.90 Å². The Morgan fingerprint density at radius 2 is 1.86 bits per heavy atom. The number of halogens is 1. The maximum Gasteiger partial charge on any atom is 0.257 e. The van der Waals surface area contributed by atoms with Crippen LogP contribution >= 0.6 is 22.6 Å². The van der Waals surface area contributed by atoms with Crippen LogP contribution in [0.4, 0.5) is 5.69 Å². The van der Waals surface area contributed by atoms with Gasteiger partial charge >= 0.3 is 0 Å². The van der Waals surface area contributed by atoms with Crippen molar-refractivity contribution in [2.45, 2.75) is 31.3 Å². The van der Waals surface area contributed by atoms with Crippen molar-refractivity contribution in [2.75, 3.05) is 12.0 Å². The number of amides is 3. The van der Waals surface area contributed by atoms with Crippen LogP contribution in [0.15, 0.2) is 48.5 Å². The Kier molecular flexibility index (Phi) is 5.09. The number of hydrogen-bond donors (Lipinski definition) is 0. The maximum absolute atomic E-state index is 13.2. The van der Waals surface area contributed by atoms with Crippen molar-refractivity contribution < 1.29 is 19.1 Å². The quantitative estimate of drug-likeness (QED) is 0.477. The molecule has 1 aliphatic carbocycles. The molecule has 0 N–H and O–H groups in total. The van der Waals surface area contributed by atoms with Gasteiger partial charge in [0.25, 0.3) is 11.8 Å². The molecule has 3 amide bonds. The second kappa shape index (κ2) is 7.54. The minimum atomic E-state index is -0.766. The van der Waals surface area contributed by atoms with E-state index >= 15 is 0 Å². The van der Waals surface area contributed by atoms with Crippen LogP contribution in [0.2, 0.25) is 0 Å². The molecule has 2 aliphatic rings. The van der Waals surface area contributed by atoms with E-state index in [2.05, 4.69) is 22.6 Å². The standard InChI is InChI=1S/C21H19IN2O4/c1-28-17-4-2-3-13(11-17)20(26)23(15-9-10-15)18-12-19(25)24(21(18)27)16-7-5-14(22)6-8-16/h2-8,11,15,18H,9-10,12H2,1H3. The van der Waals surface area contributed by atoms with Gasteiger partial charge < -0.3 is 9.64 Å². The summed E-state index contributed by atoms with van der Waals surface area (Å²) in [5, 5.41) is 0. The Morgan fingerprint density at radius 3 is 2.50 bits per heavy atom. The van der Waals surface area contributed by atoms with E-state index in [1.165, 1.54) is 4.90 Å². The zero-order valence-corrected chi connectivity index (χ0v) is 17.5. The summed E-state index contributed by atoms with van der Waals surface area (Å²) in [5.41, 5.74) is 1.00. The number of carbonyl (C=O) groups excluding carboxylic acids is 3. The average molecular weight is 490 g/mol. The van der Waals surface area contributed by atoms with Gasteiger partial charge in [-0.15, -0.1) is 0 Å². The van der Waals surface area contributed by atoms with Crippen LogP contribution in [0.25, 0.3) is 0 Å². The van der Waals surface area contributed by atoms with Crippen molar-refractivity contribution >= 4 is 46.0 Å². The number of methoxy groups -OCH3 is 1. The molecule has 1 heterocycles. The van der Waals surface area contributed by atoms with Gasteiger partial charge in [-0.1, -0.05) is 6.07 Å². The molecule has 1 saturated heterocycles. The van der Waals surface area contributed by atoms with Crippen LogP contribution < -0.4 is 9.64 Å². The van der Waals surface area contributed by atoms with Crippen LogP contribution in [0, 0.1) is 3.57 Å². The fourth-order valence-corrected chi connectivity index (χ4v) is 3.87. The van der Waals surface area contributed by atoms with Crippen molar-refractivity contribution in [3.05, 3.63) is 57.7 Å². The molecule has 6 nitrogen and oxygen atoms in total. The van der Waals surface area contributed by atoms with E-state index in [0.717, 1.165) is 16.4 Å². The number of ether oxygens (including phenoxy) is 1. The maximum atomic E-state index is 13.2. The molecule has 7 heteroatoms. The van der Waals surface area contributed by atoms with Gasteiger partial charge in [0.2, 0.25) is 5.91 Å². The first-order chi connectivity index (χ1) is 13.5. The van der Waals surface area contributed by atoms with Gasteiger partial charge in [-0.3, -0.25) is 14.4 Å². The highest BCUT2D eigenvalue weighted by Gasteiger charge is 2.48. The number of imide groups is 1. The minimum Gasteiger partial charge on any atom is -0.497 e. The SMILES string of the molecule is COc1cccc(C(=O)N(C2CC2)C2CC(=O)N(c3ccc(I)cc3)C2=O)c1. The number of carbonyl (C=O) groups is 3. The molecule has 1 aliphatic heterocycles. The smallest absolute Gasteiger partial charge is 0.257 e. The van der Waals surface area contributed by atoms with Crippen LogP contribution in [0.1, 0.15) is 29.6 Å². The Hall–Kier alpha value is -2.42. The van der Waals surface area contributed by atoms with E-state index in [4.69, 9.17) is 4.74 Å². The van der Waals surface area contributed by atoms with Gasteiger partial charge in [0.15, 0.2) is 0 Å². The first-order valence-corrected chi connectivity index (χ1v) is 10.2. The molecule has 144 valence electrons. The normalized spacial score (nSPS) is 19.1. The molecule has 1 saturated carbocycles. The van der Waals surface area contributed by atoms with Gasteiger partial charge in [-0.25, -0.2) is 4.90 Å². The minimum absolute atomic E-state index is 0.00266. The summed E-state index contributed by atoms with van der Waals surface area (Å²) in [5.74, 6) is -0.275. The van der Waals surface area contributed by atoms with Crippen molar-refractivity contribution in [3.63, 3.8) is 0 Å². The topological polar surface area (TPSA) is 66.9 Å². The predicted molar refractivity (Wildman–Crippen MR) is 112 cm³/mol. The Morgan fingerprint density at radius 1 is 1.14 bits per heavy atom. The molecule has 4 rings (SSSR count). The molecule has 1 atom stereocenters. The summed E-state index contributed by atoms with van der Waals surface area (Å²) >= 11 is 2.17. The van der Waals surface area contributed by atoms with E-state index in [9.17, 15) is 14.4 Å². The highest BCUT2D eigenvalue weighted by atomic mass is 127. The molecule has 0 radical (unpaired) electrons. The number of hydrogen-bond acceptors (Lipinski definition) is 4. The van der Waals surface area contributed by atoms with Crippen LogP contribution in [-0.2, 0) is 9.59 Å². The lowest BCUT2D eigenvalue weighted by atomic mass is 10.1. The number of nitrogens with zero attached hydrogens (tertiary/aromatic N) is 2. The largest absolute Gasteiger partial charge is 0.497 e. The van der Waals surface area contributed by atoms with Gasteiger partial charge in [-0.2, -0.15) is 0 Å². The monoisotopic (exact) mass is 490 g/mol. The number of rotatable bonds is 5. The zero-order chi connectivity index (χ0) is 19.8. The second-order valence-electron chi connectivity index (χ2n) is 6.94. The van der Waals surface area contributed by atoms with Gasteiger partial charge in [0, 0.05) is 15.2 Å².